The number of halogens is 3. The molecule has 0 saturated carbocycles. The van der Waals surface area contributed by atoms with Crippen LogP contribution in [0.3, 0.4) is 0 Å². The van der Waals surface area contributed by atoms with Crippen molar-refractivity contribution >= 4 is 6.03 Å². The molecule has 0 aliphatic rings. The molecule has 0 saturated heterocycles. The molecule has 9 heteroatoms. The van der Waals surface area contributed by atoms with Gasteiger partial charge in [0.05, 0.1) is 12.7 Å². The number of para-hydroxylation sites is 1. The third-order valence-electron chi connectivity index (χ3n) is 4.55. The van der Waals surface area contributed by atoms with E-state index in [2.05, 4.69) is 15.6 Å². The van der Waals surface area contributed by atoms with E-state index in [4.69, 9.17) is 4.74 Å². The Hall–Kier alpha value is -3.49. The van der Waals surface area contributed by atoms with Gasteiger partial charge in [-0.15, -0.1) is 0 Å². The van der Waals surface area contributed by atoms with Gasteiger partial charge in [-0.25, -0.2) is 9.78 Å². The Kier molecular flexibility index (Phi) is 6.29. The number of hydrogen-bond donors (Lipinski definition) is 2. The van der Waals surface area contributed by atoms with Crippen LogP contribution in [0.1, 0.15) is 28.6 Å². The molecular weight excluding hydrogens is 397 g/mol. The highest BCUT2D eigenvalue weighted by Crippen LogP contribution is 2.30. The zero-order chi connectivity index (χ0) is 21.7. The molecule has 2 aromatic carbocycles. The van der Waals surface area contributed by atoms with Crippen LogP contribution in [0.5, 0.6) is 5.75 Å². The molecule has 0 radical (unpaired) electrons. The average Bonchev–Trinajstić information content (AvgIpc) is 3.15. The zero-order valence-electron chi connectivity index (χ0n) is 16.4. The Bertz CT molecular complexity index is 1020. The molecule has 30 heavy (non-hydrogen) atoms. The molecule has 1 atom stereocenters. The summed E-state index contributed by atoms with van der Waals surface area (Å²) in [6, 6.07) is 10.9. The monoisotopic (exact) mass is 418 g/mol. The van der Waals surface area contributed by atoms with E-state index in [9.17, 15) is 18.0 Å². The number of alkyl halides is 3. The summed E-state index contributed by atoms with van der Waals surface area (Å²) in [4.78, 5) is 16.9. The van der Waals surface area contributed by atoms with Crippen molar-refractivity contribution in [3.8, 4) is 5.75 Å². The Labute approximate surface area is 171 Å². The van der Waals surface area contributed by atoms with Gasteiger partial charge in [-0.2, -0.15) is 13.2 Å². The van der Waals surface area contributed by atoms with Crippen LogP contribution < -0.4 is 15.4 Å². The molecular formula is C21H21F3N4O2. The molecule has 0 bridgehead atoms. The summed E-state index contributed by atoms with van der Waals surface area (Å²) in [5.41, 5.74) is 0.274. The highest BCUT2D eigenvalue weighted by molar-refractivity contribution is 5.75. The maximum atomic E-state index is 12.9. The molecule has 1 aromatic heterocycles. The second-order valence-corrected chi connectivity index (χ2v) is 6.60. The van der Waals surface area contributed by atoms with E-state index in [-0.39, 0.29) is 6.54 Å². The summed E-state index contributed by atoms with van der Waals surface area (Å²) in [6.45, 7) is -0.0606. The molecule has 0 fully saturated rings. The van der Waals surface area contributed by atoms with Crippen LogP contribution in [0, 0.1) is 0 Å². The lowest BCUT2D eigenvalue weighted by molar-refractivity contribution is -0.137. The van der Waals surface area contributed by atoms with E-state index in [1.165, 1.54) is 19.2 Å². The number of carbonyl (C=O) groups is 1. The van der Waals surface area contributed by atoms with Crippen LogP contribution >= 0.6 is 0 Å². The number of imidazole rings is 1. The topological polar surface area (TPSA) is 68.2 Å². The Morgan fingerprint density at radius 1 is 1.20 bits per heavy atom. The first-order valence-corrected chi connectivity index (χ1v) is 9.10. The molecule has 0 unspecified atom stereocenters. The fourth-order valence-electron chi connectivity index (χ4n) is 3.06. The van der Waals surface area contributed by atoms with Gasteiger partial charge in [0, 0.05) is 31.5 Å². The molecule has 6 nitrogen and oxygen atoms in total. The predicted molar refractivity (Wildman–Crippen MR) is 105 cm³/mol. The summed E-state index contributed by atoms with van der Waals surface area (Å²) in [5.74, 6) is 1.15. The molecule has 0 aliphatic carbocycles. The van der Waals surface area contributed by atoms with Crippen molar-refractivity contribution in [2.45, 2.75) is 18.8 Å². The van der Waals surface area contributed by atoms with Crippen LogP contribution in [0.25, 0.3) is 0 Å². The van der Waals surface area contributed by atoms with Crippen molar-refractivity contribution in [1.82, 2.24) is 20.2 Å². The second kappa shape index (κ2) is 8.89. The number of rotatable bonds is 6. The number of urea groups is 1. The van der Waals surface area contributed by atoms with Crippen LogP contribution in [-0.4, -0.2) is 22.7 Å². The van der Waals surface area contributed by atoms with Gasteiger partial charge in [0.15, 0.2) is 0 Å². The second-order valence-electron chi connectivity index (χ2n) is 6.60. The number of hydrogen-bond acceptors (Lipinski definition) is 3. The number of amides is 2. The van der Waals surface area contributed by atoms with Gasteiger partial charge >= 0.3 is 12.2 Å². The van der Waals surface area contributed by atoms with E-state index < -0.39 is 23.8 Å². The van der Waals surface area contributed by atoms with Crippen LogP contribution in [-0.2, 0) is 19.8 Å². The third kappa shape index (κ3) is 4.91. The van der Waals surface area contributed by atoms with Crippen molar-refractivity contribution in [3.63, 3.8) is 0 Å². The number of methoxy groups -OCH3 is 1. The summed E-state index contributed by atoms with van der Waals surface area (Å²) in [6.07, 6.45) is -1.08. The van der Waals surface area contributed by atoms with Crippen molar-refractivity contribution in [2.24, 2.45) is 7.05 Å². The van der Waals surface area contributed by atoms with Crippen molar-refractivity contribution < 1.29 is 22.7 Å². The lowest BCUT2D eigenvalue weighted by Gasteiger charge is -2.21. The number of benzene rings is 2. The minimum atomic E-state index is -4.44. The first-order valence-electron chi connectivity index (χ1n) is 9.10. The molecule has 0 aliphatic heterocycles. The normalized spacial score (nSPS) is 12.3. The van der Waals surface area contributed by atoms with Gasteiger partial charge < -0.3 is 19.9 Å². The average molecular weight is 418 g/mol. The third-order valence-corrected chi connectivity index (χ3v) is 4.55. The number of aromatic nitrogens is 2. The Morgan fingerprint density at radius 3 is 2.63 bits per heavy atom. The molecule has 3 aromatic rings. The minimum absolute atomic E-state index is 0.0606. The first kappa shape index (κ1) is 21.2. The number of carbonyl (C=O) groups excluding carboxylic acids is 1. The van der Waals surface area contributed by atoms with Gasteiger partial charge in [-0.1, -0.05) is 30.3 Å². The lowest BCUT2D eigenvalue weighted by atomic mass is 10.0. The predicted octanol–water partition coefficient (Wildman–Crippen LogP) is 4.04. The van der Waals surface area contributed by atoms with Crippen LogP contribution in [0.2, 0.25) is 0 Å². The number of nitrogens with zero attached hydrogens (tertiary/aromatic N) is 2. The van der Waals surface area contributed by atoms with Gasteiger partial charge in [-0.05, 0) is 23.8 Å². The maximum Gasteiger partial charge on any atom is 0.416 e. The van der Waals surface area contributed by atoms with Crippen LogP contribution in [0.15, 0.2) is 60.9 Å². The van der Waals surface area contributed by atoms with Crippen molar-refractivity contribution in [3.05, 3.63) is 83.4 Å². The highest BCUT2D eigenvalue weighted by Gasteiger charge is 2.30. The molecule has 1 heterocycles. The van der Waals surface area contributed by atoms with Crippen LogP contribution in [0.4, 0.5) is 18.0 Å². The summed E-state index contributed by atoms with van der Waals surface area (Å²) in [5, 5.41) is 5.43. The summed E-state index contributed by atoms with van der Waals surface area (Å²) >= 11 is 0. The van der Waals surface area contributed by atoms with E-state index >= 15 is 0 Å². The van der Waals surface area contributed by atoms with E-state index in [0.717, 1.165) is 12.1 Å². The highest BCUT2D eigenvalue weighted by atomic mass is 19.4. The molecule has 3 rings (SSSR count). The largest absolute Gasteiger partial charge is 0.496 e. The number of ether oxygens (including phenoxy) is 1. The molecule has 2 amide bonds. The SMILES string of the molecule is COc1ccccc1[C@H](NC(=O)NCc1cccc(C(F)(F)F)c1)c1nccn1C. The lowest BCUT2D eigenvalue weighted by Crippen LogP contribution is -2.39. The fraction of sp³-hybridized carbons (Fsp3) is 0.238. The fourth-order valence-corrected chi connectivity index (χ4v) is 3.06. The Balaban J connectivity index is 1.77. The first-order chi connectivity index (χ1) is 14.3. The Morgan fingerprint density at radius 2 is 1.97 bits per heavy atom. The quantitative estimate of drug-likeness (QED) is 0.635. The molecule has 2 N–H and O–H groups in total. The van der Waals surface area contributed by atoms with E-state index in [1.54, 1.807) is 30.1 Å². The van der Waals surface area contributed by atoms with E-state index in [0.29, 0.717) is 22.7 Å². The van der Waals surface area contributed by atoms with Gasteiger partial charge in [-0.3, -0.25) is 0 Å². The number of aryl methyl sites for hydroxylation is 1. The molecule has 158 valence electrons. The minimum Gasteiger partial charge on any atom is -0.496 e. The van der Waals surface area contributed by atoms with Gasteiger partial charge in [0.2, 0.25) is 0 Å². The number of nitrogens with one attached hydrogen (secondary N) is 2. The van der Waals surface area contributed by atoms with Crippen molar-refractivity contribution in [1.29, 1.82) is 0 Å². The smallest absolute Gasteiger partial charge is 0.416 e. The summed E-state index contributed by atoms with van der Waals surface area (Å²) in [7, 11) is 3.33. The standard InChI is InChI=1S/C21H21F3N4O2/c1-28-11-10-25-19(28)18(16-8-3-4-9-17(16)30-2)27-20(29)26-13-14-6-5-7-15(12-14)21(22,23)24/h3-12,18H,13H2,1-2H3,(H2,26,27,29)/t18-/m0/s1. The van der Waals surface area contributed by atoms with Gasteiger partial charge in [0.1, 0.15) is 17.6 Å². The zero-order valence-corrected chi connectivity index (χ0v) is 16.4. The summed E-state index contributed by atoms with van der Waals surface area (Å²) < 4.78 is 45.8. The molecule has 0 spiro atoms. The van der Waals surface area contributed by atoms with E-state index in [1.807, 2.05) is 18.2 Å². The van der Waals surface area contributed by atoms with Crippen molar-refractivity contribution in [2.75, 3.05) is 7.11 Å². The maximum absolute atomic E-state index is 12.9. The van der Waals surface area contributed by atoms with Gasteiger partial charge in [0.25, 0.3) is 0 Å².